The third-order valence-electron chi connectivity index (χ3n) is 2.27. The maximum atomic E-state index is 9.24. The van der Waals surface area contributed by atoms with Gasteiger partial charge in [-0.3, -0.25) is 5.10 Å². The molecule has 0 aliphatic rings. The summed E-state index contributed by atoms with van der Waals surface area (Å²) in [6, 6.07) is 3.84. The molecule has 0 spiro atoms. The predicted octanol–water partition coefficient (Wildman–Crippen LogP) is 1.09. The maximum absolute atomic E-state index is 9.24. The van der Waals surface area contributed by atoms with Crippen LogP contribution in [0.5, 0.6) is 0 Å². The van der Waals surface area contributed by atoms with Crippen LogP contribution < -0.4 is 5.32 Å². The summed E-state index contributed by atoms with van der Waals surface area (Å²) in [5, 5.41) is 28.8. The van der Waals surface area contributed by atoms with Crippen LogP contribution in [0.1, 0.15) is 0 Å². The van der Waals surface area contributed by atoms with E-state index in [9.17, 15) is 5.11 Å². The molecule has 0 fully saturated rings. The Bertz CT molecular complexity index is 486. The molecule has 0 saturated heterocycles. The summed E-state index contributed by atoms with van der Waals surface area (Å²) in [5.74, 6) is 0. The van der Waals surface area contributed by atoms with Crippen molar-refractivity contribution in [1.29, 1.82) is 0 Å². The molecule has 86 valence electrons. The number of hydrogen-bond acceptors (Lipinski definition) is 4. The molecule has 0 saturated carbocycles. The number of anilines is 1. The van der Waals surface area contributed by atoms with Gasteiger partial charge in [-0.25, -0.2) is 0 Å². The van der Waals surface area contributed by atoms with Gasteiger partial charge in [-0.2, -0.15) is 5.10 Å². The van der Waals surface area contributed by atoms with E-state index >= 15 is 0 Å². The number of halogens is 1. The molecule has 0 radical (unpaired) electrons. The number of nitrogens with zero attached hydrogens (tertiary/aromatic N) is 1. The highest BCUT2D eigenvalue weighted by molar-refractivity contribution is 9.10. The van der Waals surface area contributed by atoms with Gasteiger partial charge in [-0.15, -0.1) is 0 Å². The molecule has 0 bridgehead atoms. The Hall–Kier alpha value is -1.11. The summed E-state index contributed by atoms with van der Waals surface area (Å²) in [6.45, 7) is 0.0473. The summed E-state index contributed by atoms with van der Waals surface area (Å²) in [5.41, 5.74) is 1.77. The van der Waals surface area contributed by atoms with Crippen molar-refractivity contribution >= 4 is 32.5 Å². The molecule has 0 amide bonds. The Morgan fingerprint density at radius 1 is 1.50 bits per heavy atom. The summed E-state index contributed by atoms with van der Waals surface area (Å²) < 4.78 is 0.895. The standard InChI is InChI=1S/C10H12BrN3O2/c11-8-1-6-3-13-14-9(6)2-10(8)12-4-7(16)5-15/h1-3,7,12,15-16H,4-5H2,(H,13,14). The molecule has 1 heterocycles. The number of benzene rings is 1. The third kappa shape index (κ3) is 2.34. The monoisotopic (exact) mass is 285 g/mol. The molecule has 16 heavy (non-hydrogen) atoms. The van der Waals surface area contributed by atoms with Gasteiger partial charge in [-0.05, 0) is 28.1 Å². The van der Waals surface area contributed by atoms with Crippen LogP contribution in [0, 0.1) is 0 Å². The van der Waals surface area contributed by atoms with Crippen molar-refractivity contribution in [2.45, 2.75) is 6.10 Å². The first-order valence-corrected chi connectivity index (χ1v) is 5.65. The van der Waals surface area contributed by atoms with E-state index in [2.05, 4.69) is 31.4 Å². The van der Waals surface area contributed by atoms with Crippen molar-refractivity contribution in [3.63, 3.8) is 0 Å². The Labute approximate surface area is 101 Å². The predicted molar refractivity (Wildman–Crippen MR) is 65.4 cm³/mol. The maximum Gasteiger partial charge on any atom is 0.0942 e. The zero-order chi connectivity index (χ0) is 11.5. The highest BCUT2D eigenvalue weighted by Crippen LogP contribution is 2.27. The number of aromatic amines is 1. The third-order valence-corrected chi connectivity index (χ3v) is 2.92. The van der Waals surface area contributed by atoms with Crippen LogP contribution in [0.25, 0.3) is 10.9 Å². The van der Waals surface area contributed by atoms with Gasteiger partial charge in [0.15, 0.2) is 0 Å². The van der Waals surface area contributed by atoms with E-state index in [0.29, 0.717) is 6.54 Å². The molecular weight excluding hydrogens is 274 g/mol. The molecule has 0 aliphatic carbocycles. The lowest BCUT2D eigenvalue weighted by Gasteiger charge is -2.11. The van der Waals surface area contributed by atoms with Crippen LogP contribution in [0.2, 0.25) is 0 Å². The Balaban J connectivity index is 2.19. The second kappa shape index (κ2) is 4.82. The number of aromatic nitrogens is 2. The van der Waals surface area contributed by atoms with Gasteiger partial charge in [-0.1, -0.05) is 0 Å². The molecule has 5 nitrogen and oxygen atoms in total. The van der Waals surface area contributed by atoms with Crippen molar-refractivity contribution in [1.82, 2.24) is 10.2 Å². The quantitative estimate of drug-likeness (QED) is 0.678. The van der Waals surface area contributed by atoms with Crippen LogP contribution >= 0.6 is 15.9 Å². The van der Waals surface area contributed by atoms with Crippen molar-refractivity contribution < 1.29 is 10.2 Å². The van der Waals surface area contributed by atoms with Crippen LogP contribution in [0.3, 0.4) is 0 Å². The molecule has 6 heteroatoms. The van der Waals surface area contributed by atoms with Crippen LogP contribution in [0.15, 0.2) is 22.8 Å². The van der Waals surface area contributed by atoms with Crippen molar-refractivity contribution in [3.05, 3.63) is 22.8 Å². The molecule has 1 aromatic heterocycles. The Kier molecular flexibility index (Phi) is 3.42. The molecule has 0 aliphatic heterocycles. The fourth-order valence-electron chi connectivity index (χ4n) is 1.39. The number of nitrogens with one attached hydrogen (secondary N) is 2. The van der Waals surface area contributed by atoms with Gasteiger partial charge in [0.25, 0.3) is 0 Å². The topological polar surface area (TPSA) is 81.2 Å². The average molecular weight is 286 g/mol. The number of aliphatic hydroxyl groups excluding tert-OH is 2. The van der Waals surface area contributed by atoms with Gasteiger partial charge < -0.3 is 15.5 Å². The second-order valence-corrected chi connectivity index (χ2v) is 4.36. The highest BCUT2D eigenvalue weighted by atomic mass is 79.9. The Morgan fingerprint density at radius 3 is 3.06 bits per heavy atom. The molecule has 2 rings (SSSR count). The largest absolute Gasteiger partial charge is 0.394 e. The molecular formula is C10H12BrN3O2. The smallest absolute Gasteiger partial charge is 0.0942 e. The van der Waals surface area contributed by atoms with E-state index < -0.39 is 6.10 Å². The normalized spacial score (nSPS) is 12.9. The summed E-state index contributed by atoms with van der Waals surface area (Å²) >= 11 is 3.43. The van der Waals surface area contributed by atoms with E-state index in [1.54, 1.807) is 6.20 Å². The van der Waals surface area contributed by atoms with Crippen LogP contribution in [-0.2, 0) is 0 Å². The molecule has 4 N–H and O–H groups in total. The van der Waals surface area contributed by atoms with Crippen LogP contribution in [0.4, 0.5) is 5.69 Å². The van der Waals surface area contributed by atoms with E-state index in [4.69, 9.17) is 5.11 Å². The molecule has 1 aromatic carbocycles. The summed E-state index contributed by atoms with van der Waals surface area (Å²) in [4.78, 5) is 0. The minimum atomic E-state index is -0.760. The van der Waals surface area contributed by atoms with Gasteiger partial charge in [0.2, 0.25) is 0 Å². The zero-order valence-electron chi connectivity index (χ0n) is 8.44. The highest BCUT2D eigenvalue weighted by Gasteiger charge is 2.06. The lowest BCUT2D eigenvalue weighted by molar-refractivity contribution is 0.105. The average Bonchev–Trinajstić information content (AvgIpc) is 2.72. The van der Waals surface area contributed by atoms with E-state index in [1.165, 1.54) is 0 Å². The SMILES string of the molecule is OCC(O)CNc1cc2[nH]ncc2cc1Br. The Morgan fingerprint density at radius 2 is 2.31 bits per heavy atom. The van der Waals surface area contributed by atoms with E-state index in [0.717, 1.165) is 21.1 Å². The van der Waals surface area contributed by atoms with Crippen molar-refractivity contribution in [2.75, 3.05) is 18.5 Å². The number of H-pyrrole nitrogens is 1. The summed E-state index contributed by atoms with van der Waals surface area (Å²) in [7, 11) is 0. The van der Waals surface area contributed by atoms with E-state index in [-0.39, 0.29) is 6.61 Å². The minimum Gasteiger partial charge on any atom is -0.394 e. The molecule has 1 atom stereocenters. The second-order valence-electron chi connectivity index (χ2n) is 3.51. The minimum absolute atomic E-state index is 0.253. The lowest BCUT2D eigenvalue weighted by atomic mass is 10.2. The van der Waals surface area contributed by atoms with Gasteiger partial charge in [0.1, 0.15) is 0 Å². The number of hydrogen-bond donors (Lipinski definition) is 4. The fraction of sp³-hybridized carbons (Fsp3) is 0.300. The first kappa shape index (κ1) is 11.4. The van der Waals surface area contributed by atoms with Gasteiger partial charge in [0, 0.05) is 16.4 Å². The van der Waals surface area contributed by atoms with Gasteiger partial charge >= 0.3 is 0 Å². The first-order valence-electron chi connectivity index (χ1n) is 4.86. The summed E-state index contributed by atoms with van der Waals surface area (Å²) in [6.07, 6.45) is 0.983. The van der Waals surface area contributed by atoms with Crippen molar-refractivity contribution in [2.24, 2.45) is 0 Å². The van der Waals surface area contributed by atoms with Gasteiger partial charge in [0.05, 0.1) is 30.1 Å². The first-order chi connectivity index (χ1) is 7.70. The molecule has 2 aromatic rings. The number of rotatable bonds is 4. The number of aliphatic hydroxyl groups is 2. The van der Waals surface area contributed by atoms with Crippen molar-refractivity contribution in [3.8, 4) is 0 Å². The molecule has 1 unspecified atom stereocenters. The van der Waals surface area contributed by atoms with E-state index in [1.807, 2.05) is 12.1 Å². The fourth-order valence-corrected chi connectivity index (χ4v) is 1.89. The lowest BCUT2D eigenvalue weighted by Crippen LogP contribution is -2.23. The van der Waals surface area contributed by atoms with Crippen LogP contribution in [-0.4, -0.2) is 39.7 Å². The number of fused-ring (bicyclic) bond motifs is 1. The zero-order valence-corrected chi connectivity index (χ0v) is 10.0.